The Hall–Kier alpha value is -3.65. The smallest absolute Gasteiger partial charge is 0.321 e. The third-order valence-corrected chi connectivity index (χ3v) is 6.38. The normalized spacial score (nSPS) is 13.9. The average Bonchev–Trinajstić information content (AvgIpc) is 3.21. The molecule has 0 saturated carbocycles. The fraction of sp³-hybridized carbons (Fsp3) is 0.308. The summed E-state index contributed by atoms with van der Waals surface area (Å²) in [5.41, 5.74) is 3.38. The van der Waals surface area contributed by atoms with E-state index in [-0.39, 0.29) is 6.03 Å². The van der Waals surface area contributed by atoms with Gasteiger partial charge in [-0.25, -0.2) is 19.4 Å². The topological polar surface area (TPSA) is 79.2 Å². The van der Waals surface area contributed by atoms with E-state index in [1.165, 1.54) is 0 Å². The maximum atomic E-state index is 12.8. The van der Waals surface area contributed by atoms with Crippen LogP contribution in [0.25, 0.3) is 16.7 Å². The van der Waals surface area contributed by atoms with E-state index < -0.39 is 0 Å². The summed E-state index contributed by atoms with van der Waals surface area (Å²) in [6.07, 6.45) is 1.75. The van der Waals surface area contributed by atoms with Crippen molar-refractivity contribution in [1.29, 1.82) is 0 Å². The molecule has 1 aliphatic heterocycles. The van der Waals surface area contributed by atoms with Crippen molar-refractivity contribution in [1.82, 2.24) is 24.6 Å². The number of nitrogens with one attached hydrogen (secondary N) is 1. The molecule has 2 amide bonds. The van der Waals surface area contributed by atoms with Crippen LogP contribution in [0.1, 0.15) is 24.9 Å². The van der Waals surface area contributed by atoms with Crippen LogP contribution in [0.2, 0.25) is 5.02 Å². The number of benzene rings is 2. The van der Waals surface area contributed by atoms with Gasteiger partial charge >= 0.3 is 6.03 Å². The molecule has 0 spiro atoms. The second-order valence-electron chi connectivity index (χ2n) is 8.66. The molecule has 1 aliphatic rings. The number of amides is 2. The molecule has 0 unspecified atom stereocenters. The van der Waals surface area contributed by atoms with Gasteiger partial charge in [0.1, 0.15) is 11.6 Å². The number of para-hydroxylation sites is 1. The summed E-state index contributed by atoms with van der Waals surface area (Å²) < 4.78 is 1.91. The number of anilines is 2. The molecule has 9 heteroatoms. The molecule has 0 radical (unpaired) electrons. The summed E-state index contributed by atoms with van der Waals surface area (Å²) in [7, 11) is 0. The molecule has 2 aromatic heterocycles. The predicted octanol–water partition coefficient (Wildman–Crippen LogP) is 5.08. The molecule has 0 aliphatic carbocycles. The van der Waals surface area contributed by atoms with E-state index >= 15 is 0 Å². The first-order valence-corrected chi connectivity index (χ1v) is 12.3. The van der Waals surface area contributed by atoms with Crippen molar-refractivity contribution in [3.8, 4) is 5.69 Å². The molecule has 0 bridgehead atoms. The molecule has 5 rings (SSSR count). The molecule has 4 aromatic rings. The maximum Gasteiger partial charge on any atom is 0.321 e. The minimum Gasteiger partial charge on any atom is -0.352 e. The molecule has 2 aromatic carbocycles. The number of hydrogen-bond donors (Lipinski definition) is 1. The third kappa shape index (κ3) is 4.79. The molecule has 0 atom stereocenters. The quantitative estimate of drug-likeness (QED) is 0.422. The van der Waals surface area contributed by atoms with E-state index in [0.29, 0.717) is 36.9 Å². The number of hydrogen-bond acceptors (Lipinski definition) is 5. The molecule has 1 fully saturated rings. The number of nitrogens with zero attached hydrogens (tertiary/aromatic N) is 6. The standard InChI is InChI=1S/C26H28ClN7O/c1-3-8-22-29-24(23-18(2)31-34(25(23)30-22)21-11-5-4-6-12-21)32-13-15-33(16-14-32)26(35)28-20-10-7-9-19(27)17-20/h4-7,9-12,17H,3,8,13-16H2,1-2H3,(H,28,35). The van der Waals surface area contributed by atoms with Crippen LogP contribution < -0.4 is 10.2 Å². The zero-order valence-electron chi connectivity index (χ0n) is 19.9. The maximum absolute atomic E-state index is 12.8. The van der Waals surface area contributed by atoms with Gasteiger partial charge in [-0.3, -0.25) is 0 Å². The van der Waals surface area contributed by atoms with E-state index in [9.17, 15) is 4.79 Å². The van der Waals surface area contributed by atoms with Gasteiger partial charge in [0.05, 0.1) is 16.8 Å². The van der Waals surface area contributed by atoms with Gasteiger partial charge in [-0.1, -0.05) is 42.8 Å². The first-order chi connectivity index (χ1) is 17.0. The summed E-state index contributed by atoms with van der Waals surface area (Å²) in [4.78, 5) is 26.7. The highest BCUT2D eigenvalue weighted by Crippen LogP contribution is 2.30. The number of fused-ring (bicyclic) bond motifs is 1. The highest BCUT2D eigenvalue weighted by molar-refractivity contribution is 6.30. The van der Waals surface area contributed by atoms with Crippen molar-refractivity contribution in [2.75, 3.05) is 36.4 Å². The molecule has 180 valence electrons. The molecule has 1 saturated heterocycles. The Bertz CT molecular complexity index is 1350. The van der Waals surface area contributed by atoms with Crippen LogP contribution in [-0.2, 0) is 6.42 Å². The first kappa shape index (κ1) is 23.1. The summed E-state index contributed by atoms with van der Waals surface area (Å²) in [5.74, 6) is 1.71. The van der Waals surface area contributed by atoms with Gasteiger partial charge in [-0.15, -0.1) is 0 Å². The van der Waals surface area contributed by atoms with Crippen molar-refractivity contribution in [3.63, 3.8) is 0 Å². The highest BCUT2D eigenvalue weighted by atomic mass is 35.5. The third-order valence-electron chi connectivity index (χ3n) is 6.15. The Morgan fingerprint density at radius 3 is 2.51 bits per heavy atom. The predicted molar refractivity (Wildman–Crippen MR) is 140 cm³/mol. The monoisotopic (exact) mass is 489 g/mol. The molecule has 8 nitrogen and oxygen atoms in total. The molecular weight excluding hydrogens is 462 g/mol. The SMILES string of the molecule is CCCc1nc(N2CCN(C(=O)Nc3cccc(Cl)c3)CC2)c2c(C)nn(-c3ccccc3)c2n1. The van der Waals surface area contributed by atoms with Crippen LogP contribution >= 0.6 is 11.6 Å². The van der Waals surface area contributed by atoms with Crippen LogP contribution in [-0.4, -0.2) is 56.9 Å². The van der Waals surface area contributed by atoms with Gasteiger partial charge < -0.3 is 15.1 Å². The number of halogens is 1. The highest BCUT2D eigenvalue weighted by Gasteiger charge is 2.26. The lowest BCUT2D eigenvalue weighted by Crippen LogP contribution is -2.50. The van der Waals surface area contributed by atoms with Gasteiger partial charge in [0.2, 0.25) is 0 Å². The Labute approximate surface area is 209 Å². The van der Waals surface area contributed by atoms with Gasteiger partial charge in [0.15, 0.2) is 5.65 Å². The fourth-order valence-corrected chi connectivity index (χ4v) is 4.60. The Morgan fingerprint density at radius 1 is 1.03 bits per heavy atom. The molecule has 3 heterocycles. The number of carbonyl (C=O) groups is 1. The largest absolute Gasteiger partial charge is 0.352 e. The number of aryl methyl sites for hydroxylation is 2. The lowest BCUT2D eigenvalue weighted by Gasteiger charge is -2.35. The zero-order valence-corrected chi connectivity index (χ0v) is 20.7. The van der Waals surface area contributed by atoms with Crippen molar-refractivity contribution < 1.29 is 4.79 Å². The van der Waals surface area contributed by atoms with Gasteiger partial charge in [0, 0.05) is 43.3 Å². The van der Waals surface area contributed by atoms with Crippen LogP contribution in [0, 0.1) is 6.92 Å². The Kier molecular flexibility index (Phi) is 6.55. The Balaban J connectivity index is 1.41. The minimum absolute atomic E-state index is 0.125. The van der Waals surface area contributed by atoms with E-state index in [0.717, 1.165) is 46.9 Å². The number of urea groups is 1. The molecular formula is C26H28ClN7O. The first-order valence-electron chi connectivity index (χ1n) is 11.9. The zero-order chi connectivity index (χ0) is 24.4. The van der Waals surface area contributed by atoms with Gasteiger partial charge in [-0.2, -0.15) is 5.10 Å². The van der Waals surface area contributed by atoms with Gasteiger partial charge in [-0.05, 0) is 43.7 Å². The van der Waals surface area contributed by atoms with Crippen molar-refractivity contribution in [2.24, 2.45) is 0 Å². The van der Waals surface area contributed by atoms with Crippen LogP contribution in [0.5, 0.6) is 0 Å². The van der Waals surface area contributed by atoms with Gasteiger partial charge in [0.25, 0.3) is 0 Å². The van der Waals surface area contributed by atoms with Crippen LogP contribution in [0.15, 0.2) is 54.6 Å². The number of piperazine rings is 1. The fourth-order valence-electron chi connectivity index (χ4n) is 4.41. The summed E-state index contributed by atoms with van der Waals surface area (Å²) in [6, 6.07) is 17.1. The van der Waals surface area contributed by atoms with E-state index in [1.54, 1.807) is 12.1 Å². The number of rotatable bonds is 5. The molecule has 1 N–H and O–H groups in total. The second kappa shape index (κ2) is 9.92. The van der Waals surface area contributed by atoms with E-state index in [4.69, 9.17) is 26.7 Å². The van der Waals surface area contributed by atoms with E-state index in [1.807, 2.05) is 59.0 Å². The lowest BCUT2D eigenvalue weighted by molar-refractivity contribution is 0.208. The summed E-state index contributed by atoms with van der Waals surface area (Å²) in [5, 5.41) is 9.31. The van der Waals surface area contributed by atoms with Crippen LogP contribution in [0.3, 0.4) is 0 Å². The number of aromatic nitrogens is 4. The van der Waals surface area contributed by atoms with Crippen molar-refractivity contribution in [3.05, 3.63) is 71.1 Å². The number of carbonyl (C=O) groups excluding carboxylic acids is 1. The minimum atomic E-state index is -0.125. The van der Waals surface area contributed by atoms with Crippen molar-refractivity contribution in [2.45, 2.75) is 26.7 Å². The molecule has 35 heavy (non-hydrogen) atoms. The second-order valence-corrected chi connectivity index (χ2v) is 9.10. The van der Waals surface area contributed by atoms with E-state index in [2.05, 4.69) is 17.1 Å². The Morgan fingerprint density at radius 2 is 1.80 bits per heavy atom. The summed E-state index contributed by atoms with van der Waals surface area (Å²) >= 11 is 6.05. The lowest BCUT2D eigenvalue weighted by atomic mass is 10.2. The van der Waals surface area contributed by atoms with Crippen molar-refractivity contribution >= 4 is 40.2 Å². The van der Waals surface area contributed by atoms with Crippen LogP contribution in [0.4, 0.5) is 16.3 Å². The average molecular weight is 490 g/mol. The summed E-state index contributed by atoms with van der Waals surface area (Å²) in [6.45, 7) is 6.67.